The molecule has 4 aliphatic rings. The highest BCUT2D eigenvalue weighted by Crippen LogP contribution is 2.70. The van der Waals surface area contributed by atoms with E-state index in [0.717, 1.165) is 38.6 Å². The molecule has 7 atom stereocenters. The highest BCUT2D eigenvalue weighted by atomic mass is 16.1. The van der Waals surface area contributed by atoms with Crippen molar-refractivity contribution in [3.05, 3.63) is 11.6 Å². The number of rotatable bonds is 6. The summed E-state index contributed by atoms with van der Waals surface area (Å²) in [6, 6.07) is 4.47. The molecule has 0 spiro atoms. The third kappa shape index (κ3) is 4.72. The third-order valence-corrected chi connectivity index (χ3v) is 13.0. The zero-order chi connectivity index (χ0) is 29.1. The van der Waals surface area contributed by atoms with Crippen molar-refractivity contribution in [2.75, 3.05) is 13.1 Å². The molecule has 5 nitrogen and oxygen atoms in total. The Morgan fingerprint density at radius 2 is 1.67 bits per heavy atom. The van der Waals surface area contributed by atoms with Crippen LogP contribution in [0.1, 0.15) is 113 Å². The summed E-state index contributed by atoms with van der Waals surface area (Å²) in [5.74, 6) is 1.07. The molecule has 0 saturated heterocycles. The molecule has 0 aromatic rings. The van der Waals surface area contributed by atoms with Gasteiger partial charge in [0.15, 0.2) is 5.78 Å². The van der Waals surface area contributed by atoms with Crippen molar-refractivity contribution in [3.63, 3.8) is 0 Å². The highest BCUT2D eigenvalue weighted by molar-refractivity contribution is 6.04. The van der Waals surface area contributed by atoms with Gasteiger partial charge < -0.3 is 5.32 Å². The van der Waals surface area contributed by atoms with Crippen LogP contribution in [0.4, 0.5) is 0 Å². The van der Waals surface area contributed by atoms with Gasteiger partial charge in [0.2, 0.25) is 0 Å². The molecule has 39 heavy (non-hydrogen) atoms. The number of hydrogen-bond donors (Lipinski definition) is 1. The predicted molar refractivity (Wildman–Crippen MR) is 154 cm³/mol. The fourth-order valence-corrected chi connectivity index (χ4v) is 10.2. The molecule has 0 bridgehead atoms. The van der Waals surface area contributed by atoms with E-state index in [4.69, 9.17) is 0 Å². The summed E-state index contributed by atoms with van der Waals surface area (Å²) in [5, 5.41) is 22.5. The number of hydrogen-bond acceptors (Lipinski definition) is 5. The number of Topliss-reactive ketones (excluding diaryl/α,β-unsaturated/α-hetero) is 2. The van der Waals surface area contributed by atoms with Crippen molar-refractivity contribution in [2.24, 2.45) is 50.2 Å². The number of allylic oxidation sites excluding steroid dienone is 2. The van der Waals surface area contributed by atoms with Crippen LogP contribution < -0.4 is 5.32 Å². The predicted octanol–water partition coefficient (Wildman–Crippen LogP) is 7.18. The van der Waals surface area contributed by atoms with E-state index in [2.05, 4.69) is 59.0 Å². The van der Waals surface area contributed by atoms with E-state index in [9.17, 15) is 20.1 Å². The number of carbonyl (C=O) groups excluding carboxylic acids is 2. The SMILES string of the molecule is CC1CC(C)(C)CC[C@@]1(CC[C@]1(C)CC(=O)C[C@@H]2[C@@]3(C)C=C(C#N)C(=O)C(C)(C)[C@@H]3CC[C@]21C)CNCC#N. The van der Waals surface area contributed by atoms with Crippen LogP contribution in [-0.4, -0.2) is 24.7 Å². The average Bonchev–Trinajstić information content (AvgIpc) is 2.84. The van der Waals surface area contributed by atoms with Gasteiger partial charge in [-0.05, 0) is 89.8 Å². The highest BCUT2D eigenvalue weighted by Gasteiger charge is 2.66. The quantitative estimate of drug-likeness (QED) is 0.288. The lowest BCUT2D eigenvalue weighted by Crippen LogP contribution is -2.62. The van der Waals surface area contributed by atoms with Crippen LogP contribution in [0.5, 0.6) is 0 Å². The molecule has 4 aliphatic carbocycles. The first-order chi connectivity index (χ1) is 18.0. The van der Waals surface area contributed by atoms with E-state index in [1.165, 1.54) is 12.8 Å². The van der Waals surface area contributed by atoms with Crippen molar-refractivity contribution in [1.82, 2.24) is 5.32 Å². The van der Waals surface area contributed by atoms with Gasteiger partial charge in [-0.3, -0.25) is 9.59 Å². The molecule has 0 aromatic carbocycles. The van der Waals surface area contributed by atoms with Gasteiger partial charge in [-0.15, -0.1) is 0 Å². The Kier molecular flexibility index (Phi) is 7.56. The summed E-state index contributed by atoms with van der Waals surface area (Å²) in [7, 11) is 0. The Morgan fingerprint density at radius 3 is 2.28 bits per heavy atom. The second-order valence-corrected chi connectivity index (χ2v) is 16.0. The van der Waals surface area contributed by atoms with Crippen molar-refractivity contribution in [2.45, 2.75) is 113 Å². The van der Waals surface area contributed by atoms with Crippen LogP contribution >= 0.6 is 0 Å². The molecule has 4 rings (SSSR count). The molecule has 3 fully saturated rings. The first-order valence-electron chi connectivity index (χ1n) is 15.3. The van der Waals surface area contributed by atoms with Crippen LogP contribution in [0.3, 0.4) is 0 Å². The minimum absolute atomic E-state index is 0.0398. The second kappa shape index (κ2) is 9.83. The van der Waals surface area contributed by atoms with Crippen molar-refractivity contribution >= 4 is 11.6 Å². The Bertz CT molecular complexity index is 1140. The topological polar surface area (TPSA) is 93.8 Å². The van der Waals surface area contributed by atoms with Gasteiger partial charge >= 0.3 is 0 Å². The lowest BCUT2D eigenvalue weighted by Gasteiger charge is -2.66. The molecule has 0 radical (unpaired) electrons. The first kappa shape index (κ1) is 30.0. The maximum atomic E-state index is 13.6. The first-order valence-corrected chi connectivity index (χ1v) is 15.3. The third-order valence-electron chi connectivity index (χ3n) is 13.0. The molecule has 0 amide bonds. The number of nitrogens with zero attached hydrogens (tertiary/aromatic N) is 2. The molecule has 0 aliphatic heterocycles. The van der Waals surface area contributed by atoms with E-state index in [1.54, 1.807) is 0 Å². The van der Waals surface area contributed by atoms with Gasteiger partial charge in [0.25, 0.3) is 0 Å². The van der Waals surface area contributed by atoms with Crippen LogP contribution in [0.15, 0.2) is 11.6 Å². The number of nitriles is 2. The second-order valence-electron chi connectivity index (χ2n) is 16.0. The zero-order valence-corrected chi connectivity index (χ0v) is 25.8. The minimum atomic E-state index is -0.604. The van der Waals surface area contributed by atoms with Crippen molar-refractivity contribution in [3.8, 4) is 12.1 Å². The smallest absolute Gasteiger partial charge is 0.178 e. The van der Waals surface area contributed by atoms with E-state index in [1.807, 2.05) is 19.9 Å². The van der Waals surface area contributed by atoms with E-state index in [-0.39, 0.29) is 44.9 Å². The fraction of sp³-hybridized carbons (Fsp3) is 0.824. The molecule has 214 valence electrons. The Balaban J connectivity index is 1.69. The largest absolute Gasteiger partial charge is 0.304 e. The molecular weight excluding hydrogens is 482 g/mol. The lowest BCUT2D eigenvalue weighted by molar-refractivity contribution is -0.175. The van der Waals surface area contributed by atoms with Gasteiger partial charge in [0.05, 0.1) is 18.2 Å². The zero-order valence-electron chi connectivity index (χ0n) is 25.8. The summed E-state index contributed by atoms with van der Waals surface area (Å²) in [6.45, 7) is 19.4. The van der Waals surface area contributed by atoms with E-state index >= 15 is 0 Å². The van der Waals surface area contributed by atoms with Gasteiger partial charge in [-0.2, -0.15) is 10.5 Å². The summed E-state index contributed by atoms with van der Waals surface area (Å²) < 4.78 is 0. The summed E-state index contributed by atoms with van der Waals surface area (Å²) >= 11 is 0. The molecule has 3 saturated carbocycles. The van der Waals surface area contributed by atoms with Crippen LogP contribution in [-0.2, 0) is 9.59 Å². The van der Waals surface area contributed by atoms with Gasteiger partial charge in [0, 0.05) is 24.8 Å². The number of fused-ring (bicyclic) bond motifs is 3. The monoisotopic (exact) mass is 533 g/mol. The van der Waals surface area contributed by atoms with Crippen molar-refractivity contribution in [1.29, 1.82) is 10.5 Å². The van der Waals surface area contributed by atoms with Crippen LogP contribution in [0.25, 0.3) is 0 Å². The normalized spacial score (nSPS) is 42.9. The van der Waals surface area contributed by atoms with Crippen LogP contribution in [0.2, 0.25) is 0 Å². The number of carbonyl (C=O) groups is 2. The molecule has 1 unspecified atom stereocenters. The van der Waals surface area contributed by atoms with E-state index < -0.39 is 5.41 Å². The Morgan fingerprint density at radius 1 is 0.974 bits per heavy atom. The fourth-order valence-electron chi connectivity index (χ4n) is 10.2. The van der Waals surface area contributed by atoms with E-state index in [0.29, 0.717) is 36.5 Å². The maximum absolute atomic E-state index is 13.6. The lowest BCUT2D eigenvalue weighted by atomic mass is 9.37. The molecule has 1 N–H and O–H groups in total. The standard InChI is InChI=1S/C34H51N3O2/c1-23-18-29(2,3)11-13-34(23,22-37-16-15-35)14-12-31(6)20-25(38)17-27-32(7)19-24(21-36)28(39)30(4,5)26(32)9-10-33(27,31)8/h19,23,26-27,37H,9-14,16-18,20,22H2,1-8H3/t23?,26-,27+,31+,32-,33+,34+/m0/s1. The number of nitrogens with one attached hydrogen (secondary N) is 1. The average molecular weight is 534 g/mol. The minimum Gasteiger partial charge on any atom is -0.304 e. The van der Waals surface area contributed by atoms with Gasteiger partial charge in [-0.25, -0.2) is 0 Å². The molecule has 0 aromatic heterocycles. The maximum Gasteiger partial charge on any atom is 0.178 e. The summed E-state index contributed by atoms with van der Waals surface area (Å²) in [5.41, 5.74) is -0.433. The van der Waals surface area contributed by atoms with Crippen LogP contribution in [0, 0.1) is 72.9 Å². The summed E-state index contributed by atoms with van der Waals surface area (Å²) in [6.07, 6.45) is 10.6. The Hall–Kier alpha value is -1.98. The van der Waals surface area contributed by atoms with Gasteiger partial charge in [0.1, 0.15) is 11.9 Å². The molecule has 5 heteroatoms. The molecule has 0 heterocycles. The molecular formula is C34H51N3O2. The summed E-state index contributed by atoms with van der Waals surface area (Å²) in [4.78, 5) is 26.8. The Labute approximate surface area is 237 Å². The number of ketones is 2. The van der Waals surface area contributed by atoms with Gasteiger partial charge in [-0.1, -0.05) is 61.5 Å². The van der Waals surface area contributed by atoms with Crippen molar-refractivity contribution < 1.29 is 9.59 Å².